The molecule has 1 N–H and O–H groups in total. The lowest BCUT2D eigenvalue weighted by molar-refractivity contribution is 0.245. The normalized spacial score (nSPS) is 24.1. The van der Waals surface area contributed by atoms with Crippen molar-refractivity contribution in [2.75, 3.05) is 31.1 Å². The zero-order valence-electron chi connectivity index (χ0n) is 8.37. The second-order valence-electron chi connectivity index (χ2n) is 3.95. The number of ether oxygens (including phenoxy) is 1. The fraction of sp³-hybridized carbons (Fsp3) is 0.455. The van der Waals surface area contributed by atoms with Crippen molar-refractivity contribution in [2.45, 2.75) is 6.04 Å². The van der Waals surface area contributed by atoms with Gasteiger partial charge in [0.25, 0.3) is 0 Å². The third-order valence-corrected chi connectivity index (χ3v) is 3.65. The molecule has 4 heteroatoms. The van der Waals surface area contributed by atoms with E-state index in [2.05, 4.69) is 38.3 Å². The number of para-hydroxylation sites is 1. The third kappa shape index (κ3) is 1.52. The Bertz CT molecular complexity index is 383. The van der Waals surface area contributed by atoms with Crippen molar-refractivity contribution >= 4 is 21.6 Å². The molecule has 0 spiro atoms. The SMILES string of the molecule is Brc1cccc2c1OCC1CNCCN21. The zero-order valence-corrected chi connectivity index (χ0v) is 9.96. The number of fused-ring (bicyclic) bond motifs is 3. The molecule has 1 saturated heterocycles. The molecule has 15 heavy (non-hydrogen) atoms. The number of rotatable bonds is 0. The fourth-order valence-corrected chi connectivity index (χ4v) is 2.74. The average Bonchev–Trinajstić information content (AvgIpc) is 2.29. The molecule has 0 aliphatic carbocycles. The van der Waals surface area contributed by atoms with Gasteiger partial charge in [-0.05, 0) is 28.1 Å². The summed E-state index contributed by atoms with van der Waals surface area (Å²) in [5.41, 5.74) is 1.22. The molecule has 2 heterocycles. The summed E-state index contributed by atoms with van der Waals surface area (Å²) in [6.07, 6.45) is 0. The van der Waals surface area contributed by atoms with Gasteiger partial charge >= 0.3 is 0 Å². The molecule has 1 atom stereocenters. The topological polar surface area (TPSA) is 24.5 Å². The lowest BCUT2D eigenvalue weighted by Gasteiger charge is -2.42. The van der Waals surface area contributed by atoms with Crippen molar-refractivity contribution in [3.8, 4) is 5.75 Å². The Morgan fingerprint density at radius 3 is 3.33 bits per heavy atom. The van der Waals surface area contributed by atoms with Crippen molar-refractivity contribution in [3.05, 3.63) is 22.7 Å². The number of hydrogen-bond donors (Lipinski definition) is 1. The van der Waals surface area contributed by atoms with Crippen molar-refractivity contribution < 1.29 is 4.74 Å². The summed E-state index contributed by atoms with van der Waals surface area (Å²) < 4.78 is 6.85. The van der Waals surface area contributed by atoms with Gasteiger partial charge < -0.3 is 15.0 Å². The number of nitrogens with zero attached hydrogens (tertiary/aromatic N) is 1. The lowest BCUT2D eigenvalue weighted by atomic mass is 10.1. The molecule has 1 unspecified atom stereocenters. The van der Waals surface area contributed by atoms with Crippen LogP contribution in [0.15, 0.2) is 22.7 Å². The van der Waals surface area contributed by atoms with Crippen LogP contribution in [0.3, 0.4) is 0 Å². The largest absolute Gasteiger partial charge is 0.488 e. The van der Waals surface area contributed by atoms with Gasteiger partial charge in [-0.15, -0.1) is 0 Å². The van der Waals surface area contributed by atoms with Gasteiger partial charge in [0, 0.05) is 19.6 Å². The van der Waals surface area contributed by atoms with Crippen LogP contribution in [0.25, 0.3) is 0 Å². The monoisotopic (exact) mass is 268 g/mol. The van der Waals surface area contributed by atoms with Crippen LogP contribution >= 0.6 is 15.9 Å². The van der Waals surface area contributed by atoms with Gasteiger partial charge in [0.05, 0.1) is 16.2 Å². The molecule has 0 radical (unpaired) electrons. The Hall–Kier alpha value is -0.740. The van der Waals surface area contributed by atoms with Crippen molar-refractivity contribution in [1.29, 1.82) is 0 Å². The minimum Gasteiger partial charge on any atom is -0.488 e. The van der Waals surface area contributed by atoms with E-state index in [0.717, 1.165) is 36.5 Å². The molecule has 0 saturated carbocycles. The van der Waals surface area contributed by atoms with Gasteiger partial charge in [0.1, 0.15) is 6.61 Å². The average molecular weight is 269 g/mol. The van der Waals surface area contributed by atoms with E-state index in [1.807, 2.05) is 6.07 Å². The van der Waals surface area contributed by atoms with Gasteiger partial charge in [-0.2, -0.15) is 0 Å². The third-order valence-electron chi connectivity index (χ3n) is 3.03. The van der Waals surface area contributed by atoms with Crippen molar-refractivity contribution in [1.82, 2.24) is 5.32 Å². The standard InChI is InChI=1S/C11H13BrN2O/c12-9-2-1-3-10-11(9)15-7-8-6-13-4-5-14(8)10/h1-3,8,13H,4-7H2. The molecule has 1 fully saturated rings. The maximum absolute atomic E-state index is 5.80. The summed E-state index contributed by atoms with van der Waals surface area (Å²) in [6, 6.07) is 6.72. The predicted molar refractivity (Wildman–Crippen MR) is 63.6 cm³/mol. The van der Waals surface area contributed by atoms with E-state index in [1.165, 1.54) is 5.69 Å². The van der Waals surface area contributed by atoms with E-state index in [4.69, 9.17) is 4.74 Å². The first-order valence-electron chi connectivity index (χ1n) is 5.25. The van der Waals surface area contributed by atoms with Gasteiger partial charge in [0.2, 0.25) is 0 Å². The van der Waals surface area contributed by atoms with Crippen LogP contribution in [0.4, 0.5) is 5.69 Å². The van der Waals surface area contributed by atoms with Gasteiger partial charge in [0.15, 0.2) is 5.75 Å². The Balaban J connectivity index is 2.03. The minimum atomic E-state index is 0.487. The van der Waals surface area contributed by atoms with Crippen LogP contribution in [-0.4, -0.2) is 32.3 Å². The smallest absolute Gasteiger partial charge is 0.156 e. The van der Waals surface area contributed by atoms with E-state index in [9.17, 15) is 0 Å². The van der Waals surface area contributed by atoms with E-state index in [1.54, 1.807) is 0 Å². The predicted octanol–water partition coefficient (Wildman–Crippen LogP) is 1.62. The van der Waals surface area contributed by atoms with Gasteiger partial charge in [-0.25, -0.2) is 0 Å². The molecule has 3 rings (SSSR count). The molecule has 2 aliphatic rings. The first-order valence-corrected chi connectivity index (χ1v) is 6.04. The molecular weight excluding hydrogens is 256 g/mol. The summed E-state index contributed by atoms with van der Waals surface area (Å²) in [4.78, 5) is 2.44. The number of hydrogen-bond acceptors (Lipinski definition) is 3. The quantitative estimate of drug-likeness (QED) is 0.774. The summed E-state index contributed by atoms with van der Waals surface area (Å²) in [5.74, 6) is 0.996. The number of halogens is 1. The van der Waals surface area contributed by atoms with Crippen molar-refractivity contribution in [2.24, 2.45) is 0 Å². The van der Waals surface area contributed by atoms with Crippen LogP contribution < -0.4 is 15.0 Å². The Morgan fingerprint density at radius 1 is 1.47 bits per heavy atom. The summed E-state index contributed by atoms with van der Waals surface area (Å²) in [7, 11) is 0. The molecule has 0 bridgehead atoms. The van der Waals surface area contributed by atoms with Crippen LogP contribution in [0.2, 0.25) is 0 Å². The summed E-state index contributed by atoms with van der Waals surface area (Å²) in [6.45, 7) is 3.93. The molecule has 0 amide bonds. The molecule has 0 aromatic heterocycles. The first kappa shape index (κ1) is 9.48. The highest BCUT2D eigenvalue weighted by atomic mass is 79.9. The van der Waals surface area contributed by atoms with Gasteiger partial charge in [-0.3, -0.25) is 0 Å². The number of benzene rings is 1. The van der Waals surface area contributed by atoms with Crippen LogP contribution in [0.5, 0.6) is 5.75 Å². The number of nitrogens with one attached hydrogen (secondary N) is 1. The number of piperazine rings is 1. The molecule has 80 valence electrons. The molecule has 1 aromatic carbocycles. The van der Waals surface area contributed by atoms with Crippen LogP contribution in [0, 0.1) is 0 Å². The Morgan fingerprint density at radius 2 is 2.40 bits per heavy atom. The zero-order chi connectivity index (χ0) is 10.3. The van der Waals surface area contributed by atoms with E-state index in [0.29, 0.717) is 6.04 Å². The fourth-order valence-electron chi connectivity index (χ4n) is 2.27. The summed E-state index contributed by atoms with van der Waals surface area (Å²) in [5, 5.41) is 3.40. The number of anilines is 1. The summed E-state index contributed by atoms with van der Waals surface area (Å²) >= 11 is 3.53. The van der Waals surface area contributed by atoms with Gasteiger partial charge in [-0.1, -0.05) is 6.07 Å². The van der Waals surface area contributed by atoms with E-state index in [-0.39, 0.29) is 0 Å². The first-order chi connectivity index (χ1) is 7.36. The highest BCUT2D eigenvalue weighted by Gasteiger charge is 2.30. The van der Waals surface area contributed by atoms with E-state index >= 15 is 0 Å². The minimum absolute atomic E-state index is 0.487. The lowest BCUT2D eigenvalue weighted by Crippen LogP contribution is -2.55. The Kier molecular flexibility index (Phi) is 2.33. The molecule has 1 aromatic rings. The van der Waals surface area contributed by atoms with Crippen molar-refractivity contribution in [3.63, 3.8) is 0 Å². The molecular formula is C11H13BrN2O. The Labute approximate surface area is 97.5 Å². The highest BCUT2D eigenvalue weighted by Crippen LogP contribution is 2.39. The maximum atomic E-state index is 5.80. The highest BCUT2D eigenvalue weighted by molar-refractivity contribution is 9.10. The van der Waals surface area contributed by atoms with Crippen LogP contribution in [0.1, 0.15) is 0 Å². The maximum Gasteiger partial charge on any atom is 0.156 e. The molecule has 3 nitrogen and oxygen atoms in total. The second kappa shape index (κ2) is 3.68. The van der Waals surface area contributed by atoms with E-state index < -0.39 is 0 Å². The second-order valence-corrected chi connectivity index (χ2v) is 4.80. The molecule has 2 aliphatic heterocycles. The van der Waals surface area contributed by atoms with Crippen LogP contribution in [-0.2, 0) is 0 Å².